The van der Waals surface area contributed by atoms with Crippen LogP contribution in [0.3, 0.4) is 0 Å². The molecule has 0 unspecified atom stereocenters. The fourth-order valence-electron chi connectivity index (χ4n) is 3.12. The first-order chi connectivity index (χ1) is 13.1. The van der Waals surface area contributed by atoms with E-state index in [9.17, 15) is 4.79 Å². The Morgan fingerprint density at radius 1 is 1.04 bits per heavy atom. The number of nitrogens with zero attached hydrogens (tertiary/aromatic N) is 1. The van der Waals surface area contributed by atoms with Crippen molar-refractivity contribution < 1.29 is 14.3 Å². The van der Waals surface area contributed by atoms with Crippen LogP contribution in [0.15, 0.2) is 54.6 Å². The van der Waals surface area contributed by atoms with Gasteiger partial charge in [0.05, 0.1) is 24.7 Å². The van der Waals surface area contributed by atoms with Gasteiger partial charge in [-0.25, -0.2) is 4.98 Å². The molecule has 1 aromatic heterocycles. The molecule has 140 valence electrons. The van der Waals surface area contributed by atoms with Crippen molar-refractivity contribution in [1.82, 2.24) is 4.98 Å². The molecule has 4 heteroatoms. The molecule has 1 heterocycles. The van der Waals surface area contributed by atoms with Crippen molar-refractivity contribution >= 4 is 16.9 Å². The molecule has 0 saturated heterocycles. The lowest BCUT2D eigenvalue weighted by molar-refractivity contribution is -0.139. The normalized spacial score (nSPS) is 11.0. The van der Waals surface area contributed by atoms with Crippen LogP contribution in [-0.4, -0.2) is 18.1 Å². The average molecular weight is 363 g/mol. The minimum atomic E-state index is -0.242. The van der Waals surface area contributed by atoms with E-state index < -0.39 is 0 Å². The predicted octanol–water partition coefficient (Wildman–Crippen LogP) is 4.73. The lowest BCUT2D eigenvalue weighted by Crippen LogP contribution is -2.10. The van der Waals surface area contributed by atoms with Crippen LogP contribution in [0, 0.1) is 5.92 Å². The molecule has 0 radical (unpaired) electrons. The molecule has 0 aliphatic heterocycles. The number of fused-ring (bicyclic) bond motifs is 1. The zero-order chi connectivity index (χ0) is 19.2. The van der Waals surface area contributed by atoms with Gasteiger partial charge in [-0.3, -0.25) is 4.79 Å². The summed E-state index contributed by atoms with van der Waals surface area (Å²) in [6.07, 6.45) is 1.09. The van der Waals surface area contributed by atoms with Crippen molar-refractivity contribution in [1.29, 1.82) is 0 Å². The van der Waals surface area contributed by atoms with E-state index in [-0.39, 0.29) is 12.4 Å². The van der Waals surface area contributed by atoms with Crippen molar-refractivity contribution in [3.05, 3.63) is 71.4 Å². The number of methoxy groups -OCH3 is 1. The molecule has 0 atom stereocenters. The second-order valence-corrected chi connectivity index (χ2v) is 7.03. The molecular formula is C23H25NO3. The van der Waals surface area contributed by atoms with Gasteiger partial charge in [0.25, 0.3) is 0 Å². The first-order valence-electron chi connectivity index (χ1n) is 9.22. The summed E-state index contributed by atoms with van der Waals surface area (Å²) >= 11 is 0. The number of hydrogen-bond donors (Lipinski definition) is 0. The Balaban J connectivity index is 1.83. The van der Waals surface area contributed by atoms with Gasteiger partial charge in [-0.15, -0.1) is 0 Å². The second kappa shape index (κ2) is 8.67. The molecule has 27 heavy (non-hydrogen) atoms. The lowest BCUT2D eigenvalue weighted by atomic mass is 9.95. The highest BCUT2D eigenvalue weighted by Gasteiger charge is 2.15. The molecular weight excluding hydrogens is 338 g/mol. The van der Waals surface area contributed by atoms with Gasteiger partial charge >= 0.3 is 5.97 Å². The quantitative estimate of drug-likeness (QED) is 0.570. The van der Waals surface area contributed by atoms with E-state index in [4.69, 9.17) is 9.47 Å². The highest BCUT2D eigenvalue weighted by molar-refractivity contribution is 5.78. The van der Waals surface area contributed by atoms with Crippen molar-refractivity contribution in [2.75, 3.05) is 7.11 Å². The summed E-state index contributed by atoms with van der Waals surface area (Å²) in [5, 5.41) is 1.11. The Hall–Kier alpha value is -2.88. The van der Waals surface area contributed by atoms with Crippen molar-refractivity contribution in [2.24, 2.45) is 5.92 Å². The summed E-state index contributed by atoms with van der Waals surface area (Å²) < 4.78 is 10.9. The Kier molecular flexibility index (Phi) is 6.07. The summed E-state index contributed by atoms with van der Waals surface area (Å²) in [6.45, 7) is 4.70. The van der Waals surface area contributed by atoms with Crippen LogP contribution in [0.2, 0.25) is 0 Å². The number of para-hydroxylation sites is 1. The van der Waals surface area contributed by atoms with Gasteiger partial charge in [-0.1, -0.05) is 50.2 Å². The number of hydrogen-bond acceptors (Lipinski definition) is 4. The van der Waals surface area contributed by atoms with E-state index in [1.54, 1.807) is 0 Å². The van der Waals surface area contributed by atoms with Crippen LogP contribution in [-0.2, 0) is 29.0 Å². The molecule has 0 fully saturated rings. The number of ether oxygens (including phenoxy) is 2. The largest absolute Gasteiger partial charge is 0.487 e. The molecule has 0 aliphatic rings. The zero-order valence-electron chi connectivity index (χ0n) is 16.1. The van der Waals surface area contributed by atoms with Gasteiger partial charge < -0.3 is 9.47 Å². The van der Waals surface area contributed by atoms with Gasteiger partial charge in [-0.2, -0.15) is 0 Å². The first kappa shape index (κ1) is 18.9. The minimum absolute atomic E-state index is 0.242. The van der Waals surface area contributed by atoms with Crippen LogP contribution >= 0.6 is 0 Å². The maximum Gasteiger partial charge on any atom is 0.309 e. The Morgan fingerprint density at radius 3 is 2.63 bits per heavy atom. The standard InChI is InChI=1S/C23H25NO3/c1-16(2)13-20-18(14-23(25)26-3)8-6-10-22(20)27-15-19-12-11-17-7-4-5-9-21(17)24-19/h4-12,16H,13-15H2,1-3H3. The molecule has 0 amide bonds. The number of esters is 1. The molecule has 3 rings (SSSR count). The SMILES string of the molecule is COC(=O)Cc1cccc(OCc2ccc3ccccc3n2)c1CC(C)C. The van der Waals surface area contributed by atoms with Crippen LogP contribution in [0.25, 0.3) is 10.9 Å². The van der Waals surface area contributed by atoms with Crippen molar-refractivity contribution in [2.45, 2.75) is 33.3 Å². The van der Waals surface area contributed by atoms with Crippen molar-refractivity contribution in [3.63, 3.8) is 0 Å². The summed E-state index contributed by atoms with van der Waals surface area (Å²) in [5.41, 5.74) is 3.86. The molecule has 2 aromatic carbocycles. The monoisotopic (exact) mass is 363 g/mol. The van der Waals surface area contributed by atoms with Crippen LogP contribution in [0.5, 0.6) is 5.75 Å². The number of benzene rings is 2. The highest BCUT2D eigenvalue weighted by atomic mass is 16.5. The maximum atomic E-state index is 11.8. The Labute approximate surface area is 160 Å². The van der Waals surface area contributed by atoms with E-state index in [2.05, 4.69) is 24.9 Å². The van der Waals surface area contributed by atoms with E-state index in [1.165, 1.54) is 7.11 Å². The maximum absolute atomic E-state index is 11.8. The number of rotatable bonds is 7. The molecule has 0 aliphatic carbocycles. The van der Waals surface area contributed by atoms with E-state index in [0.29, 0.717) is 12.5 Å². The Bertz CT molecular complexity index is 934. The number of carbonyl (C=O) groups excluding carboxylic acids is 1. The topological polar surface area (TPSA) is 48.4 Å². The zero-order valence-corrected chi connectivity index (χ0v) is 16.1. The first-order valence-corrected chi connectivity index (χ1v) is 9.22. The molecule has 3 aromatic rings. The Morgan fingerprint density at radius 2 is 1.85 bits per heavy atom. The van der Waals surface area contributed by atoms with E-state index >= 15 is 0 Å². The van der Waals surface area contributed by atoms with Gasteiger partial charge in [-0.05, 0) is 41.7 Å². The summed E-state index contributed by atoms with van der Waals surface area (Å²) in [4.78, 5) is 16.4. The number of pyridine rings is 1. The van der Waals surface area contributed by atoms with E-state index in [0.717, 1.165) is 39.9 Å². The van der Waals surface area contributed by atoms with Crippen LogP contribution < -0.4 is 4.74 Å². The molecule has 0 bridgehead atoms. The molecule has 0 saturated carbocycles. The number of aromatic nitrogens is 1. The van der Waals surface area contributed by atoms with E-state index in [1.807, 2.05) is 48.5 Å². The smallest absolute Gasteiger partial charge is 0.309 e. The summed E-state index contributed by atoms with van der Waals surface area (Å²) in [6, 6.07) is 17.9. The van der Waals surface area contributed by atoms with Gasteiger partial charge in [0.2, 0.25) is 0 Å². The van der Waals surface area contributed by atoms with Crippen molar-refractivity contribution in [3.8, 4) is 5.75 Å². The second-order valence-electron chi connectivity index (χ2n) is 7.03. The fourth-order valence-corrected chi connectivity index (χ4v) is 3.12. The van der Waals surface area contributed by atoms with Crippen LogP contribution in [0.1, 0.15) is 30.7 Å². The highest BCUT2D eigenvalue weighted by Crippen LogP contribution is 2.27. The average Bonchev–Trinajstić information content (AvgIpc) is 2.67. The van der Waals surface area contributed by atoms with Gasteiger partial charge in [0.15, 0.2) is 0 Å². The minimum Gasteiger partial charge on any atom is -0.487 e. The molecule has 0 spiro atoms. The molecule has 4 nitrogen and oxygen atoms in total. The summed E-state index contributed by atoms with van der Waals surface area (Å²) in [7, 11) is 1.41. The third-order valence-corrected chi connectivity index (χ3v) is 4.44. The third-order valence-electron chi connectivity index (χ3n) is 4.44. The summed E-state index contributed by atoms with van der Waals surface area (Å²) in [5.74, 6) is 1.01. The lowest BCUT2D eigenvalue weighted by Gasteiger charge is -2.17. The third kappa shape index (κ3) is 4.85. The predicted molar refractivity (Wildman–Crippen MR) is 107 cm³/mol. The number of carbonyl (C=O) groups is 1. The van der Waals surface area contributed by atoms with Gasteiger partial charge in [0, 0.05) is 5.39 Å². The molecule has 0 N–H and O–H groups in total. The fraction of sp³-hybridized carbons (Fsp3) is 0.304. The van der Waals surface area contributed by atoms with Crippen LogP contribution in [0.4, 0.5) is 0 Å². The van der Waals surface area contributed by atoms with Gasteiger partial charge in [0.1, 0.15) is 12.4 Å².